The number of nitrogens with one attached hydrogen (secondary N) is 1. The lowest BCUT2D eigenvalue weighted by Crippen LogP contribution is -2.48. The molecule has 1 fully saturated rings. The summed E-state index contributed by atoms with van der Waals surface area (Å²) >= 11 is 0. The predicted molar refractivity (Wildman–Crippen MR) is 62.8 cm³/mol. The Morgan fingerprint density at radius 3 is 2.44 bits per heavy atom. The SMILES string of the molecule is NC(=O)[C@@H](c1ccccc1)N1CCNCC1. The summed E-state index contributed by atoms with van der Waals surface area (Å²) in [4.78, 5) is 13.7. The van der Waals surface area contributed by atoms with Gasteiger partial charge in [-0.2, -0.15) is 0 Å². The maximum atomic E-state index is 11.6. The van der Waals surface area contributed by atoms with E-state index in [1.807, 2.05) is 30.3 Å². The average Bonchev–Trinajstić information content (AvgIpc) is 2.31. The molecule has 0 aromatic heterocycles. The Hall–Kier alpha value is -1.39. The number of rotatable bonds is 3. The van der Waals surface area contributed by atoms with Gasteiger partial charge >= 0.3 is 0 Å². The Morgan fingerprint density at radius 2 is 1.88 bits per heavy atom. The normalized spacial score (nSPS) is 19.2. The number of piperazine rings is 1. The van der Waals surface area contributed by atoms with Crippen LogP contribution >= 0.6 is 0 Å². The molecule has 2 rings (SSSR count). The molecule has 1 atom stereocenters. The number of amides is 1. The number of primary amides is 1. The summed E-state index contributed by atoms with van der Waals surface area (Å²) in [6.45, 7) is 3.55. The molecule has 4 heteroatoms. The highest BCUT2D eigenvalue weighted by Gasteiger charge is 2.26. The van der Waals surface area contributed by atoms with E-state index in [2.05, 4.69) is 10.2 Å². The molecule has 1 aliphatic heterocycles. The number of hydrogen-bond donors (Lipinski definition) is 2. The lowest BCUT2D eigenvalue weighted by atomic mass is 10.0. The van der Waals surface area contributed by atoms with Crippen LogP contribution in [0.15, 0.2) is 30.3 Å². The highest BCUT2D eigenvalue weighted by Crippen LogP contribution is 2.20. The summed E-state index contributed by atoms with van der Waals surface area (Å²) in [5.41, 5.74) is 6.48. The van der Waals surface area contributed by atoms with Crippen molar-refractivity contribution in [1.29, 1.82) is 0 Å². The van der Waals surface area contributed by atoms with Gasteiger partial charge in [0.25, 0.3) is 0 Å². The number of carbonyl (C=O) groups is 1. The molecule has 0 aliphatic carbocycles. The fourth-order valence-corrected chi connectivity index (χ4v) is 2.13. The van der Waals surface area contributed by atoms with Crippen molar-refractivity contribution >= 4 is 5.91 Å². The van der Waals surface area contributed by atoms with E-state index in [-0.39, 0.29) is 11.9 Å². The van der Waals surface area contributed by atoms with Crippen molar-refractivity contribution in [2.45, 2.75) is 6.04 Å². The van der Waals surface area contributed by atoms with E-state index in [0.717, 1.165) is 31.7 Å². The fourth-order valence-electron chi connectivity index (χ4n) is 2.13. The Bertz CT molecular complexity index is 347. The van der Waals surface area contributed by atoms with E-state index < -0.39 is 0 Å². The van der Waals surface area contributed by atoms with Crippen LogP contribution in [0.3, 0.4) is 0 Å². The Labute approximate surface area is 95.4 Å². The standard InChI is InChI=1S/C12H17N3O/c13-12(16)11(10-4-2-1-3-5-10)15-8-6-14-7-9-15/h1-5,11,14H,6-9H2,(H2,13,16)/t11-/m1/s1. The lowest BCUT2D eigenvalue weighted by Gasteiger charge is -2.33. The van der Waals surface area contributed by atoms with Crippen LogP contribution in [0.25, 0.3) is 0 Å². The van der Waals surface area contributed by atoms with Crippen LogP contribution < -0.4 is 11.1 Å². The largest absolute Gasteiger partial charge is 0.368 e. The number of hydrogen-bond acceptors (Lipinski definition) is 3. The van der Waals surface area contributed by atoms with Crippen LogP contribution in [-0.2, 0) is 4.79 Å². The predicted octanol–water partition coefficient (Wildman–Crippen LogP) is 0.118. The molecule has 1 aromatic carbocycles. The van der Waals surface area contributed by atoms with Crippen molar-refractivity contribution in [3.8, 4) is 0 Å². The van der Waals surface area contributed by atoms with Gasteiger partial charge in [-0.1, -0.05) is 30.3 Å². The summed E-state index contributed by atoms with van der Waals surface area (Å²) in [5, 5.41) is 3.27. The van der Waals surface area contributed by atoms with Gasteiger partial charge in [-0.3, -0.25) is 9.69 Å². The molecule has 0 bridgehead atoms. The van der Waals surface area contributed by atoms with Crippen LogP contribution in [0, 0.1) is 0 Å². The number of carbonyl (C=O) groups excluding carboxylic acids is 1. The molecule has 1 amide bonds. The van der Waals surface area contributed by atoms with E-state index in [1.54, 1.807) is 0 Å². The first-order valence-electron chi connectivity index (χ1n) is 5.58. The molecule has 4 nitrogen and oxygen atoms in total. The third kappa shape index (κ3) is 2.40. The minimum absolute atomic E-state index is 0.270. The van der Waals surface area contributed by atoms with Gasteiger partial charge in [0, 0.05) is 26.2 Å². The third-order valence-corrected chi connectivity index (χ3v) is 2.90. The van der Waals surface area contributed by atoms with Gasteiger partial charge in [-0.05, 0) is 5.56 Å². The Kier molecular flexibility index (Phi) is 3.54. The van der Waals surface area contributed by atoms with Crippen LogP contribution in [0.1, 0.15) is 11.6 Å². The summed E-state index contributed by atoms with van der Waals surface area (Å²) in [6, 6.07) is 9.44. The minimum Gasteiger partial charge on any atom is -0.368 e. The molecule has 0 unspecified atom stereocenters. The zero-order valence-electron chi connectivity index (χ0n) is 9.23. The van der Waals surface area contributed by atoms with Crippen LogP contribution in [-0.4, -0.2) is 37.0 Å². The molecule has 86 valence electrons. The third-order valence-electron chi connectivity index (χ3n) is 2.90. The first-order chi connectivity index (χ1) is 7.79. The minimum atomic E-state index is -0.289. The van der Waals surface area contributed by atoms with E-state index in [9.17, 15) is 4.79 Å². The van der Waals surface area contributed by atoms with E-state index in [1.165, 1.54) is 0 Å². The first kappa shape index (κ1) is 11.1. The van der Waals surface area contributed by atoms with Crippen molar-refractivity contribution in [1.82, 2.24) is 10.2 Å². The molecule has 1 heterocycles. The molecule has 0 saturated carbocycles. The smallest absolute Gasteiger partial charge is 0.239 e. The van der Waals surface area contributed by atoms with Crippen LogP contribution in [0.4, 0.5) is 0 Å². The Balaban J connectivity index is 2.20. The quantitative estimate of drug-likeness (QED) is 0.759. The van der Waals surface area contributed by atoms with Gasteiger partial charge in [-0.25, -0.2) is 0 Å². The van der Waals surface area contributed by atoms with Gasteiger partial charge in [0.2, 0.25) is 5.91 Å². The summed E-state index contributed by atoms with van der Waals surface area (Å²) in [5.74, 6) is -0.270. The highest BCUT2D eigenvalue weighted by atomic mass is 16.1. The van der Waals surface area contributed by atoms with Crippen LogP contribution in [0.5, 0.6) is 0 Å². The van der Waals surface area contributed by atoms with Gasteiger partial charge in [-0.15, -0.1) is 0 Å². The highest BCUT2D eigenvalue weighted by molar-refractivity contribution is 5.81. The van der Waals surface area contributed by atoms with Crippen molar-refractivity contribution in [2.24, 2.45) is 5.73 Å². The molecular weight excluding hydrogens is 202 g/mol. The fraction of sp³-hybridized carbons (Fsp3) is 0.417. The maximum absolute atomic E-state index is 11.6. The van der Waals surface area contributed by atoms with Gasteiger partial charge < -0.3 is 11.1 Å². The number of benzene rings is 1. The summed E-state index contributed by atoms with van der Waals surface area (Å²) < 4.78 is 0. The van der Waals surface area contributed by atoms with Crippen LogP contribution in [0.2, 0.25) is 0 Å². The molecule has 1 aliphatic rings. The van der Waals surface area contributed by atoms with Gasteiger partial charge in [0.05, 0.1) is 0 Å². The number of nitrogens with zero attached hydrogens (tertiary/aromatic N) is 1. The zero-order chi connectivity index (χ0) is 11.4. The second-order valence-corrected chi connectivity index (χ2v) is 4.00. The summed E-state index contributed by atoms with van der Waals surface area (Å²) in [6.07, 6.45) is 0. The summed E-state index contributed by atoms with van der Waals surface area (Å²) in [7, 11) is 0. The van der Waals surface area contributed by atoms with E-state index >= 15 is 0 Å². The molecule has 1 saturated heterocycles. The lowest BCUT2D eigenvalue weighted by molar-refractivity contribution is -0.123. The van der Waals surface area contributed by atoms with Crippen molar-refractivity contribution in [3.63, 3.8) is 0 Å². The van der Waals surface area contributed by atoms with Crippen molar-refractivity contribution in [2.75, 3.05) is 26.2 Å². The van der Waals surface area contributed by atoms with Gasteiger partial charge in [0.15, 0.2) is 0 Å². The molecule has 1 aromatic rings. The molecule has 0 spiro atoms. The van der Waals surface area contributed by atoms with Crippen molar-refractivity contribution < 1.29 is 4.79 Å². The molecular formula is C12H17N3O. The second-order valence-electron chi connectivity index (χ2n) is 4.00. The zero-order valence-corrected chi connectivity index (χ0v) is 9.23. The van der Waals surface area contributed by atoms with Crippen molar-refractivity contribution in [3.05, 3.63) is 35.9 Å². The second kappa shape index (κ2) is 5.09. The monoisotopic (exact) mass is 219 g/mol. The number of nitrogens with two attached hydrogens (primary N) is 1. The first-order valence-corrected chi connectivity index (χ1v) is 5.58. The van der Waals surface area contributed by atoms with E-state index in [0.29, 0.717) is 0 Å². The molecule has 0 radical (unpaired) electrons. The maximum Gasteiger partial charge on any atom is 0.239 e. The average molecular weight is 219 g/mol. The van der Waals surface area contributed by atoms with E-state index in [4.69, 9.17) is 5.73 Å². The molecule has 3 N–H and O–H groups in total. The molecule has 16 heavy (non-hydrogen) atoms. The topological polar surface area (TPSA) is 58.4 Å². The van der Waals surface area contributed by atoms with Gasteiger partial charge in [0.1, 0.15) is 6.04 Å². The Morgan fingerprint density at radius 1 is 1.25 bits per heavy atom.